The smallest absolute Gasteiger partial charge is 0.0593 e. The largest absolute Gasteiger partial charge is 0.380 e. The van der Waals surface area contributed by atoms with E-state index in [0.717, 1.165) is 37.7 Å². The topological polar surface area (TPSA) is 38.5 Å². The first-order chi connectivity index (χ1) is 8.68. The monoisotopic (exact) mass is 268 g/mol. The van der Waals surface area contributed by atoms with Crippen LogP contribution < -0.4 is 5.73 Å². The van der Waals surface area contributed by atoms with Crippen molar-refractivity contribution in [2.45, 2.75) is 25.4 Å². The lowest BCUT2D eigenvalue weighted by atomic mass is 9.99. The molecule has 0 radical (unpaired) electrons. The first kappa shape index (κ1) is 13.8. The van der Waals surface area contributed by atoms with Gasteiger partial charge in [0, 0.05) is 36.8 Å². The SMILES string of the molecule is CC(N)C(c1ccc(Cl)cc1)N1CCCOCC1. The number of rotatable bonds is 3. The molecular weight excluding hydrogens is 248 g/mol. The van der Waals surface area contributed by atoms with Gasteiger partial charge in [0.05, 0.1) is 6.61 Å². The van der Waals surface area contributed by atoms with Crippen molar-refractivity contribution < 1.29 is 4.74 Å². The van der Waals surface area contributed by atoms with E-state index >= 15 is 0 Å². The number of benzene rings is 1. The summed E-state index contributed by atoms with van der Waals surface area (Å²) in [5.74, 6) is 0. The summed E-state index contributed by atoms with van der Waals surface area (Å²) >= 11 is 5.94. The summed E-state index contributed by atoms with van der Waals surface area (Å²) in [6, 6.07) is 8.33. The molecule has 4 heteroatoms. The zero-order valence-corrected chi connectivity index (χ0v) is 11.6. The number of hydrogen-bond donors (Lipinski definition) is 1. The number of ether oxygens (including phenoxy) is 1. The fourth-order valence-corrected chi connectivity index (χ4v) is 2.68. The van der Waals surface area contributed by atoms with Gasteiger partial charge in [-0.05, 0) is 31.0 Å². The van der Waals surface area contributed by atoms with Crippen molar-refractivity contribution in [3.63, 3.8) is 0 Å². The standard InChI is InChI=1S/C14H21ClN2O/c1-11(16)14(12-3-5-13(15)6-4-12)17-7-2-9-18-10-8-17/h3-6,11,14H,2,7-10,16H2,1H3. The van der Waals surface area contributed by atoms with Crippen LogP contribution in [0.4, 0.5) is 0 Å². The second-order valence-electron chi connectivity index (χ2n) is 4.86. The Morgan fingerprint density at radius 1 is 1.22 bits per heavy atom. The molecule has 1 aromatic carbocycles. The average molecular weight is 269 g/mol. The lowest BCUT2D eigenvalue weighted by molar-refractivity contribution is 0.127. The van der Waals surface area contributed by atoms with Crippen molar-refractivity contribution in [1.29, 1.82) is 0 Å². The average Bonchev–Trinajstić information content (AvgIpc) is 2.60. The van der Waals surface area contributed by atoms with Gasteiger partial charge >= 0.3 is 0 Å². The molecule has 1 heterocycles. The maximum absolute atomic E-state index is 6.17. The maximum Gasteiger partial charge on any atom is 0.0593 e. The van der Waals surface area contributed by atoms with Gasteiger partial charge in [0.25, 0.3) is 0 Å². The van der Waals surface area contributed by atoms with Crippen LogP contribution >= 0.6 is 11.6 Å². The molecule has 1 aliphatic rings. The molecule has 1 saturated heterocycles. The fourth-order valence-electron chi connectivity index (χ4n) is 2.55. The van der Waals surface area contributed by atoms with Crippen molar-refractivity contribution in [3.05, 3.63) is 34.9 Å². The number of hydrogen-bond acceptors (Lipinski definition) is 3. The van der Waals surface area contributed by atoms with Gasteiger partial charge in [0.15, 0.2) is 0 Å². The minimum Gasteiger partial charge on any atom is -0.380 e. The highest BCUT2D eigenvalue weighted by atomic mass is 35.5. The summed E-state index contributed by atoms with van der Waals surface area (Å²) < 4.78 is 5.51. The van der Waals surface area contributed by atoms with Gasteiger partial charge in [-0.15, -0.1) is 0 Å². The normalized spacial score (nSPS) is 21.3. The Labute approximate surface area is 114 Å². The van der Waals surface area contributed by atoms with Gasteiger partial charge in [-0.25, -0.2) is 0 Å². The molecule has 2 atom stereocenters. The molecule has 2 rings (SSSR count). The summed E-state index contributed by atoms with van der Waals surface area (Å²) in [4.78, 5) is 2.42. The van der Waals surface area contributed by atoms with Crippen molar-refractivity contribution >= 4 is 11.6 Å². The van der Waals surface area contributed by atoms with E-state index in [4.69, 9.17) is 22.1 Å². The van der Waals surface area contributed by atoms with E-state index in [1.54, 1.807) is 0 Å². The van der Waals surface area contributed by atoms with E-state index in [-0.39, 0.29) is 12.1 Å². The van der Waals surface area contributed by atoms with Crippen LogP contribution in [0.15, 0.2) is 24.3 Å². The van der Waals surface area contributed by atoms with Gasteiger partial charge in [0.1, 0.15) is 0 Å². The van der Waals surface area contributed by atoms with Gasteiger partial charge < -0.3 is 10.5 Å². The van der Waals surface area contributed by atoms with Gasteiger partial charge in [-0.3, -0.25) is 4.90 Å². The molecule has 1 aromatic rings. The molecule has 2 N–H and O–H groups in total. The third-order valence-corrected chi connectivity index (χ3v) is 3.61. The lowest BCUT2D eigenvalue weighted by Crippen LogP contribution is -2.40. The second kappa shape index (κ2) is 6.53. The predicted molar refractivity (Wildman–Crippen MR) is 74.9 cm³/mol. The Hall–Kier alpha value is -0.610. The number of halogens is 1. The van der Waals surface area contributed by atoms with Gasteiger partial charge in [-0.2, -0.15) is 0 Å². The summed E-state index contributed by atoms with van der Waals surface area (Å²) in [6.45, 7) is 5.67. The molecule has 0 saturated carbocycles. The molecule has 0 amide bonds. The Bertz CT molecular complexity index is 359. The zero-order valence-electron chi connectivity index (χ0n) is 10.8. The van der Waals surface area contributed by atoms with Gasteiger partial charge in [-0.1, -0.05) is 23.7 Å². The van der Waals surface area contributed by atoms with E-state index in [2.05, 4.69) is 24.0 Å². The Balaban J connectivity index is 2.18. The Morgan fingerprint density at radius 2 is 1.94 bits per heavy atom. The second-order valence-corrected chi connectivity index (χ2v) is 5.29. The van der Waals surface area contributed by atoms with E-state index in [1.807, 2.05) is 12.1 Å². The van der Waals surface area contributed by atoms with Crippen molar-refractivity contribution in [1.82, 2.24) is 4.90 Å². The molecule has 0 bridgehead atoms. The highest BCUT2D eigenvalue weighted by Crippen LogP contribution is 2.25. The van der Waals surface area contributed by atoms with Crippen LogP contribution in [0.3, 0.4) is 0 Å². The summed E-state index contributed by atoms with van der Waals surface area (Å²) in [5, 5.41) is 0.765. The lowest BCUT2D eigenvalue weighted by Gasteiger charge is -2.33. The highest BCUT2D eigenvalue weighted by Gasteiger charge is 2.24. The van der Waals surface area contributed by atoms with E-state index in [9.17, 15) is 0 Å². The number of nitrogens with two attached hydrogens (primary N) is 1. The van der Waals surface area contributed by atoms with E-state index in [0.29, 0.717) is 0 Å². The molecule has 1 aliphatic heterocycles. The Kier molecular flexibility index (Phi) is 5.01. The molecule has 0 aliphatic carbocycles. The van der Waals surface area contributed by atoms with Gasteiger partial charge in [0.2, 0.25) is 0 Å². The summed E-state index contributed by atoms with van der Waals surface area (Å²) in [6.07, 6.45) is 1.07. The third kappa shape index (κ3) is 3.45. The first-order valence-corrected chi connectivity index (χ1v) is 6.89. The van der Waals surface area contributed by atoms with Crippen LogP contribution in [0.5, 0.6) is 0 Å². The number of nitrogens with zero attached hydrogens (tertiary/aromatic N) is 1. The molecule has 100 valence electrons. The zero-order chi connectivity index (χ0) is 13.0. The Morgan fingerprint density at radius 3 is 2.61 bits per heavy atom. The van der Waals surface area contributed by atoms with E-state index in [1.165, 1.54) is 5.56 Å². The molecule has 18 heavy (non-hydrogen) atoms. The van der Waals surface area contributed by atoms with Crippen molar-refractivity contribution in [2.75, 3.05) is 26.3 Å². The molecule has 0 spiro atoms. The summed E-state index contributed by atoms with van der Waals surface area (Å²) in [7, 11) is 0. The third-order valence-electron chi connectivity index (χ3n) is 3.36. The molecule has 3 nitrogen and oxygen atoms in total. The van der Waals surface area contributed by atoms with E-state index < -0.39 is 0 Å². The molecule has 1 fully saturated rings. The molecule has 0 aromatic heterocycles. The van der Waals surface area contributed by atoms with Crippen LogP contribution in [0.2, 0.25) is 5.02 Å². The van der Waals surface area contributed by atoms with Crippen molar-refractivity contribution in [3.8, 4) is 0 Å². The predicted octanol–water partition coefficient (Wildman–Crippen LogP) is 2.45. The molecule has 2 unspecified atom stereocenters. The first-order valence-electron chi connectivity index (χ1n) is 6.51. The minimum absolute atomic E-state index is 0.0873. The van der Waals surface area contributed by atoms with Crippen LogP contribution in [-0.2, 0) is 4.74 Å². The van der Waals surface area contributed by atoms with Crippen molar-refractivity contribution in [2.24, 2.45) is 5.73 Å². The minimum atomic E-state index is 0.0873. The van der Waals surface area contributed by atoms with Crippen LogP contribution in [0.25, 0.3) is 0 Å². The quantitative estimate of drug-likeness (QED) is 0.915. The van der Waals surface area contributed by atoms with Crippen LogP contribution in [0.1, 0.15) is 24.9 Å². The summed E-state index contributed by atoms with van der Waals surface area (Å²) in [5.41, 5.74) is 7.41. The fraction of sp³-hybridized carbons (Fsp3) is 0.571. The molecular formula is C14H21ClN2O. The van der Waals surface area contributed by atoms with Crippen LogP contribution in [-0.4, -0.2) is 37.2 Å². The highest BCUT2D eigenvalue weighted by molar-refractivity contribution is 6.30. The maximum atomic E-state index is 6.17. The van der Waals surface area contributed by atoms with Crippen LogP contribution in [0, 0.1) is 0 Å².